The van der Waals surface area contributed by atoms with Crippen LogP contribution in [0.2, 0.25) is 0 Å². The van der Waals surface area contributed by atoms with Crippen molar-refractivity contribution in [3.63, 3.8) is 0 Å². The number of hydrogen-bond donors (Lipinski definition) is 1. The summed E-state index contributed by atoms with van der Waals surface area (Å²) in [5, 5.41) is 4.32. The van der Waals surface area contributed by atoms with Crippen molar-refractivity contribution in [3.05, 3.63) is 18.2 Å². The lowest BCUT2D eigenvalue weighted by atomic mass is 10.1. The second-order valence-electron chi connectivity index (χ2n) is 5.18. The smallest absolute Gasteiger partial charge is 0.163 e. The second kappa shape index (κ2) is 5.95. The van der Waals surface area contributed by atoms with Crippen LogP contribution < -0.4 is 14.8 Å². The summed E-state index contributed by atoms with van der Waals surface area (Å²) in [5.41, 5.74) is 1.14. The standard InChI is InChI=1S/C15H21NO2S/c1-11-13(4-2-9-19-11)16-12-5-6-14-15(10-12)18-8-3-7-17-14/h5-6,10-11,13,16H,2-4,7-9H2,1H3. The number of hydrogen-bond acceptors (Lipinski definition) is 4. The van der Waals surface area contributed by atoms with Crippen LogP contribution in [-0.2, 0) is 0 Å². The highest BCUT2D eigenvalue weighted by Gasteiger charge is 2.22. The van der Waals surface area contributed by atoms with Crippen LogP contribution in [-0.4, -0.2) is 30.3 Å². The largest absolute Gasteiger partial charge is 0.490 e. The lowest BCUT2D eigenvalue weighted by Crippen LogP contribution is -2.32. The molecule has 1 fully saturated rings. The van der Waals surface area contributed by atoms with Crippen molar-refractivity contribution in [1.29, 1.82) is 0 Å². The molecule has 2 atom stereocenters. The van der Waals surface area contributed by atoms with Crippen molar-refractivity contribution < 1.29 is 9.47 Å². The highest BCUT2D eigenvalue weighted by Crippen LogP contribution is 2.34. The van der Waals surface area contributed by atoms with E-state index in [0.29, 0.717) is 11.3 Å². The number of anilines is 1. The minimum Gasteiger partial charge on any atom is -0.490 e. The molecule has 0 radical (unpaired) electrons. The number of benzene rings is 1. The van der Waals surface area contributed by atoms with E-state index in [9.17, 15) is 0 Å². The van der Waals surface area contributed by atoms with Crippen LogP contribution in [0.15, 0.2) is 18.2 Å². The van der Waals surface area contributed by atoms with Gasteiger partial charge in [0.15, 0.2) is 11.5 Å². The van der Waals surface area contributed by atoms with E-state index in [1.54, 1.807) is 0 Å². The molecule has 2 aliphatic heterocycles. The van der Waals surface area contributed by atoms with Gasteiger partial charge >= 0.3 is 0 Å². The van der Waals surface area contributed by atoms with Crippen LogP contribution in [0.5, 0.6) is 11.5 Å². The molecular weight excluding hydrogens is 258 g/mol. The number of ether oxygens (including phenoxy) is 2. The Bertz CT molecular complexity index is 438. The normalized spacial score (nSPS) is 26.6. The molecular formula is C15H21NO2S. The summed E-state index contributed by atoms with van der Waals surface area (Å²) in [5.74, 6) is 3.04. The Labute approximate surface area is 119 Å². The SMILES string of the molecule is CC1SCCCC1Nc1ccc2c(c1)OCCCO2. The summed E-state index contributed by atoms with van der Waals surface area (Å²) in [4.78, 5) is 0. The number of rotatable bonds is 2. The Morgan fingerprint density at radius 3 is 2.84 bits per heavy atom. The fourth-order valence-corrected chi connectivity index (χ4v) is 3.72. The van der Waals surface area contributed by atoms with Gasteiger partial charge in [-0.1, -0.05) is 6.92 Å². The van der Waals surface area contributed by atoms with Crippen molar-refractivity contribution in [2.45, 2.75) is 37.5 Å². The topological polar surface area (TPSA) is 30.5 Å². The first kappa shape index (κ1) is 13.0. The third-order valence-electron chi connectivity index (χ3n) is 3.71. The fourth-order valence-electron chi connectivity index (χ4n) is 2.58. The zero-order chi connectivity index (χ0) is 13.1. The molecule has 0 spiro atoms. The van der Waals surface area contributed by atoms with E-state index in [2.05, 4.69) is 36.1 Å². The van der Waals surface area contributed by atoms with Gasteiger partial charge in [0.05, 0.1) is 13.2 Å². The van der Waals surface area contributed by atoms with Crippen molar-refractivity contribution in [2.24, 2.45) is 0 Å². The zero-order valence-electron chi connectivity index (χ0n) is 11.4. The van der Waals surface area contributed by atoms with Crippen molar-refractivity contribution in [2.75, 3.05) is 24.3 Å². The average molecular weight is 279 g/mol. The summed E-state index contributed by atoms with van der Waals surface area (Å²) >= 11 is 2.06. The van der Waals surface area contributed by atoms with Crippen LogP contribution in [0, 0.1) is 0 Å². The first-order valence-corrected chi connectivity index (χ1v) is 8.15. The molecule has 1 aromatic rings. The predicted octanol–water partition coefficient (Wildman–Crippen LogP) is 3.54. The van der Waals surface area contributed by atoms with E-state index in [1.165, 1.54) is 18.6 Å². The maximum absolute atomic E-state index is 5.73. The molecule has 4 heteroatoms. The van der Waals surface area contributed by atoms with Crippen LogP contribution in [0.4, 0.5) is 5.69 Å². The number of fused-ring (bicyclic) bond motifs is 1. The van der Waals surface area contributed by atoms with Gasteiger partial charge in [0, 0.05) is 29.5 Å². The Morgan fingerprint density at radius 1 is 1.16 bits per heavy atom. The van der Waals surface area contributed by atoms with E-state index < -0.39 is 0 Å². The minimum atomic E-state index is 0.559. The summed E-state index contributed by atoms with van der Waals surface area (Å²) in [6.07, 6.45) is 3.51. The van der Waals surface area contributed by atoms with Gasteiger partial charge in [-0.15, -0.1) is 0 Å². The number of nitrogens with one attached hydrogen (secondary N) is 1. The summed E-state index contributed by atoms with van der Waals surface area (Å²) in [6.45, 7) is 3.80. The second-order valence-corrected chi connectivity index (χ2v) is 6.67. The molecule has 1 aromatic carbocycles. The zero-order valence-corrected chi connectivity index (χ0v) is 12.2. The van der Waals surface area contributed by atoms with Crippen LogP contribution in [0.25, 0.3) is 0 Å². The highest BCUT2D eigenvalue weighted by molar-refractivity contribution is 8.00. The summed E-state index contributed by atoms with van der Waals surface area (Å²) in [7, 11) is 0. The van der Waals surface area contributed by atoms with Crippen LogP contribution in [0.1, 0.15) is 26.2 Å². The van der Waals surface area contributed by atoms with E-state index >= 15 is 0 Å². The van der Waals surface area contributed by atoms with Crippen LogP contribution in [0.3, 0.4) is 0 Å². The van der Waals surface area contributed by atoms with Gasteiger partial charge < -0.3 is 14.8 Å². The Morgan fingerprint density at radius 2 is 2.00 bits per heavy atom. The van der Waals surface area contributed by atoms with E-state index in [1.807, 2.05) is 6.07 Å². The molecule has 1 saturated heterocycles. The maximum Gasteiger partial charge on any atom is 0.163 e. The third kappa shape index (κ3) is 3.11. The molecule has 0 aliphatic carbocycles. The molecule has 2 heterocycles. The highest BCUT2D eigenvalue weighted by atomic mass is 32.2. The molecule has 3 nitrogen and oxygen atoms in total. The van der Waals surface area contributed by atoms with E-state index in [-0.39, 0.29) is 0 Å². The minimum absolute atomic E-state index is 0.559. The first-order valence-electron chi connectivity index (χ1n) is 7.11. The van der Waals surface area contributed by atoms with Crippen molar-refractivity contribution >= 4 is 17.4 Å². The van der Waals surface area contributed by atoms with Gasteiger partial charge in [0.1, 0.15) is 0 Å². The Kier molecular flexibility index (Phi) is 4.06. The van der Waals surface area contributed by atoms with Gasteiger partial charge in [0.2, 0.25) is 0 Å². The van der Waals surface area contributed by atoms with Gasteiger partial charge in [-0.05, 0) is 30.7 Å². The molecule has 0 bridgehead atoms. The molecule has 0 saturated carbocycles. The Hall–Kier alpha value is -1.03. The summed E-state index contributed by atoms with van der Waals surface area (Å²) in [6, 6.07) is 6.75. The molecule has 104 valence electrons. The van der Waals surface area contributed by atoms with Gasteiger partial charge in [-0.3, -0.25) is 0 Å². The maximum atomic E-state index is 5.73. The van der Waals surface area contributed by atoms with Crippen molar-refractivity contribution in [3.8, 4) is 11.5 Å². The lowest BCUT2D eigenvalue weighted by Gasteiger charge is -2.30. The third-order valence-corrected chi connectivity index (χ3v) is 5.09. The van der Waals surface area contributed by atoms with Crippen molar-refractivity contribution in [1.82, 2.24) is 0 Å². The Balaban J connectivity index is 1.72. The fraction of sp³-hybridized carbons (Fsp3) is 0.600. The first-order chi connectivity index (χ1) is 9.33. The summed E-state index contributed by atoms with van der Waals surface area (Å²) < 4.78 is 11.4. The lowest BCUT2D eigenvalue weighted by molar-refractivity contribution is 0.297. The molecule has 1 N–H and O–H groups in total. The molecule has 2 unspecified atom stereocenters. The number of thioether (sulfide) groups is 1. The average Bonchev–Trinajstić information content (AvgIpc) is 2.66. The van der Waals surface area contributed by atoms with Gasteiger partial charge in [-0.2, -0.15) is 11.8 Å². The predicted molar refractivity (Wildman–Crippen MR) is 80.6 cm³/mol. The molecule has 3 rings (SSSR count). The van der Waals surface area contributed by atoms with E-state index in [4.69, 9.17) is 9.47 Å². The van der Waals surface area contributed by atoms with Gasteiger partial charge in [0.25, 0.3) is 0 Å². The molecule has 0 amide bonds. The van der Waals surface area contributed by atoms with Crippen LogP contribution >= 0.6 is 11.8 Å². The molecule has 19 heavy (non-hydrogen) atoms. The van der Waals surface area contributed by atoms with E-state index in [0.717, 1.165) is 36.8 Å². The molecule has 2 aliphatic rings. The monoisotopic (exact) mass is 279 g/mol. The molecule has 0 aromatic heterocycles. The quantitative estimate of drug-likeness (QED) is 0.897. The van der Waals surface area contributed by atoms with Gasteiger partial charge in [-0.25, -0.2) is 0 Å².